The summed E-state index contributed by atoms with van der Waals surface area (Å²) in [5.74, 6) is 2.08. The average Bonchev–Trinajstić information content (AvgIpc) is 2.41. The van der Waals surface area contributed by atoms with Crippen LogP contribution >= 0.6 is 0 Å². The molecule has 0 aromatic heterocycles. The van der Waals surface area contributed by atoms with Gasteiger partial charge in [-0.1, -0.05) is 33.6 Å². The van der Waals surface area contributed by atoms with Gasteiger partial charge in [0.2, 0.25) is 0 Å². The van der Waals surface area contributed by atoms with Gasteiger partial charge in [0.05, 0.1) is 11.7 Å². The molecule has 22 heavy (non-hydrogen) atoms. The molecule has 0 radical (unpaired) electrons. The first kappa shape index (κ1) is 25.3. The first-order chi connectivity index (χ1) is 10.2. The van der Waals surface area contributed by atoms with Crippen molar-refractivity contribution in [2.45, 2.75) is 92.3 Å². The monoisotopic (exact) mass is 388 g/mol. The van der Waals surface area contributed by atoms with Crippen LogP contribution in [0.4, 0.5) is 0 Å². The van der Waals surface area contributed by atoms with Crippen LogP contribution in [0.1, 0.15) is 80.6 Å². The van der Waals surface area contributed by atoms with Gasteiger partial charge in [-0.15, -0.1) is 0 Å². The van der Waals surface area contributed by atoms with Crippen LogP contribution in [-0.4, -0.2) is 23.2 Å². The van der Waals surface area contributed by atoms with Crippen molar-refractivity contribution in [2.75, 3.05) is 11.5 Å². The average molecular weight is 389 g/mol. The fourth-order valence-electron chi connectivity index (χ4n) is 1.14. The molecule has 0 N–H and O–H groups in total. The molecular formula is C16H36O2S4. The third-order valence-corrected chi connectivity index (χ3v) is 6.43. The molecule has 3 unspecified atom stereocenters. The van der Waals surface area contributed by atoms with E-state index in [0.29, 0.717) is 6.10 Å². The van der Waals surface area contributed by atoms with Gasteiger partial charge in [-0.3, -0.25) is 0 Å². The second-order valence-electron chi connectivity index (χ2n) is 6.23. The molecule has 0 heterocycles. The summed E-state index contributed by atoms with van der Waals surface area (Å²) in [5.41, 5.74) is -0.0708. The Bertz CT molecular complexity index is 301. The highest BCUT2D eigenvalue weighted by molar-refractivity contribution is 8.26. The summed E-state index contributed by atoms with van der Waals surface area (Å²) in [4.78, 5) is 0. The number of unbranched alkanes of at least 4 members (excludes halogenated alkanes) is 2. The zero-order valence-electron chi connectivity index (χ0n) is 15.5. The minimum Gasteiger partial charge on any atom is -0.309 e. The second-order valence-corrected chi connectivity index (χ2v) is 10.9. The highest BCUT2D eigenvalue weighted by Crippen LogP contribution is 2.10. The van der Waals surface area contributed by atoms with Crippen molar-refractivity contribution < 1.29 is 8.37 Å². The van der Waals surface area contributed by atoms with Crippen LogP contribution in [0, 0.1) is 0 Å². The summed E-state index contributed by atoms with van der Waals surface area (Å²) in [5, 5.41) is 0. The number of hydrogen-bond acceptors (Lipinski definition) is 4. The Labute approximate surface area is 153 Å². The quantitative estimate of drug-likeness (QED) is 0.512. The molecule has 0 bridgehead atoms. The lowest BCUT2D eigenvalue weighted by Crippen LogP contribution is -2.21. The van der Waals surface area contributed by atoms with E-state index in [2.05, 4.69) is 27.7 Å². The van der Waals surface area contributed by atoms with E-state index in [-0.39, 0.29) is 25.1 Å². The molecule has 0 rings (SSSR count). The lowest BCUT2D eigenvalue weighted by atomic mass is 10.2. The lowest BCUT2D eigenvalue weighted by Gasteiger charge is -2.19. The Morgan fingerprint density at radius 2 is 1.36 bits per heavy atom. The number of rotatable bonds is 10. The fraction of sp³-hybridized carbons (Fsp3) is 1.00. The third kappa shape index (κ3) is 21.1. The van der Waals surface area contributed by atoms with Gasteiger partial charge >= 0.3 is 0 Å². The zero-order chi connectivity index (χ0) is 17.6. The predicted octanol–water partition coefficient (Wildman–Crippen LogP) is 5.19. The molecular weight excluding hydrogens is 352 g/mol. The van der Waals surface area contributed by atoms with Crippen LogP contribution < -0.4 is 0 Å². The van der Waals surface area contributed by atoms with Crippen molar-refractivity contribution in [3.63, 3.8) is 0 Å². The number of hydrogen-bond donors (Lipinski definition) is 0. The van der Waals surface area contributed by atoms with E-state index in [1.165, 1.54) is 25.7 Å². The van der Waals surface area contributed by atoms with Gasteiger partial charge in [-0.25, -0.2) is 0 Å². The first-order valence-corrected chi connectivity index (χ1v) is 12.8. The van der Waals surface area contributed by atoms with Gasteiger partial charge in [0.15, 0.2) is 0 Å². The van der Waals surface area contributed by atoms with Crippen molar-refractivity contribution >= 4 is 41.8 Å². The van der Waals surface area contributed by atoms with E-state index in [0.717, 1.165) is 17.9 Å². The van der Waals surface area contributed by atoms with Crippen LogP contribution in [0.15, 0.2) is 0 Å². The minimum absolute atomic E-state index is 0.0708. The Kier molecular flexibility index (Phi) is 17.9. The topological polar surface area (TPSA) is 18.5 Å². The van der Waals surface area contributed by atoms with E-state index in [9.17, 15) is 0 Å². The Balaban J connectivity index is 0. The summed E-state index contributed by atoms with van der Waals surface area (Å²) in [7, 11) is -0.473. The van der Waals surface area contributed by atoms with E-state index < -0.39 is 0 Å². The summed E-state index contributed by atoms with van der Waals surface area (Å²) in [6, 6.07) is 0. The summed E-state index contributed by atoms with van der Waals surface area (Å²) in [6.07, 6.45) is 6.20. The maximum Gasteiger partial charge on any atom is 0.0748 e. The standard InChI is InChI=1S/2C8H18OS2/c1-5-6-7-11(10)9-8(2,3)4;1-4-6-7-11(10)9-8(3)5-2/h5-7H2,1-4H3;8H,4-7H2,1-3H3. The molecule has 0 saturated heterocycles. The Hall–Kier alpha value is 1.06. The van der Waals surface area contributed by atoms with Crippen LogP contribution in [0.25, 0.3) is 0 Å². The first-order valence-electron chi connectivity index (χ1n) is 8.29. The van der Waals surface area contributed by atoms with Crippen molar-refractivity contribution in [3.05, 3.63) is 0 Å². The molecule has 0 fully saturated rings. The van der Waals surface area contributed by atoms with E-state index in [1.807, 2.05) is 20.8 Å². The van der Waals surface area contributed by atoms with Crippen molar-refractivity contribution in [1.29, 1.82) is 0 Å². The van der Waals surface area contributed by atoms with Crippen LogP contribution in [-0.2, 0) is 50.2 Å². The normalized spacial score (nSPS) is 15.6. The molecule has 0 amide bonds. The highest BCUT2D eigenvalue weighted by atomic mass is 32.8. The molecule has 6 heteroatoms. The lowest BCUT2D eigenvalue weighted by molar-refractivity contribution is 0.161. The van der Waals surface area contributed by atoms with E-state index >= 15 is 0 Å². The summed E-state index contributed by atoms with van der Waals surface area (Å²) < 4.78 is 11.1. The van der Waals surface area contributed by atoms with Crippen molar-refractivity contribution in [2.24, 2.45) is 0 Å². The molecule has 0 aromatic carbocycles. The molecule has 0 aliphatic heterocycles. The van der Waals surface area contributed by atoms with Crippen molar-refractivity contribution in [3.8, 4) is 0 Å². The van der Waals surface area contributed by atoms with Crippen LogP contribution in [0.2, 0.25) is 0 Å². The maximum atomic E-state index is 5.58. The third-order valence-electron chi connectivity index (χ3n) is 2.52. The second kappa shape index (κ2) is 15.6. The van der Waals surface area contributed by atoms with Crippen molar-refractivity contribution in [1.82, 2.24) is 0 Å². The fourth-order valence-corrected chi connectivity index (χ4v) is 5.15. The van der Waals surface area contributed by atoms with E-state index in [1.54, 1.807) is 0 Å². The molecule has 3 atom stereocenters. The van der Waals surface area contributed by atoms with Gasteiger partial charge in [0, 0.05) is 31.0 Å². The molecule has 136 valence electrons. The smallest absolute Gasteiger partial charge is 0.0748 e. The summed E-state index contributed by atoms with van der Waals surface area (Å²) in [6.45, 7) is 14.7. The van der Waals surface area contributed by atoms with Gasteiger partial charge in [-0.2, -0.15) is 0 Å². The molecule has 0 aliphatic carbocycles. The zero-order valence-corrected chi connectivity index (χ0v) is 18.7. The van der Waals surface area contributed by atoms with Crippen LogP contribution in [0.3, 0.4) is 0 Å². The highest BCUT2D eigenvalue weighted by Gasteiger charge is 2.12. The van der Waals surface area contributed by atoms with Gasteiger partial charge in [0.1, 0.15) is 0 Å². The van der Waals surface area contributed by atoms with E-state index in [4.69, 9.17) is 30.7 Å². The molecule has 0 aromatic rings. The largest absolute Gasteiger partial charge is 0.309 e. The van der Waals surface area contributed by atoms with Gasteiger partial charge < -0.3 is 8.37 Å². The molecule has 0 spiro atoms. The van der Waals surface area contributed by atoms with Gasteiger partial charge in [0.25, 0.3) is 0 Å². The summed E-state index contributed by atoms with van der Waals surface area (Å²) >= 11 is 10.3. The molecule has 0 saturated carbocycles. The van der Waals surface area contributed by atoms with Crippen LogP contribution in [0.5, 0.6) is 0 Å². The molecule has 0 aliphatic rings. The Morgan fingerprint density at radius 3 is 1.73 bits per heavy atom. The van der Waals surface area contributed by atoms with Gasteiger partial charge in [-0.05, 0) is 69.3 Å². The Morgan fingerprint density at radius 1 is 0.909 bits per heavy atom. The molecule has 2 nitrogen and oxygen atoms in total. The minimum atomic E-state index is -0.256. The predicted molar refractivity (Wildman–Crippen MR) is 111 cm³/mol. The SMILES string of the molecule is CCCCS(=S)OC(C)(C)C.CCCCS(=S)OC(C)CC. The maximum absolute atomic E-state index is 5.58.